The summed E-state index contributed by atoms with van der Waals surface area (Å²) in [5.41, 5.74) is 0. The van der Waals surface area contributed by atoms with Gasteiger partial charge in [0.05, 0.1) is 5.75 Å². The highest BCUT2D eigenvalue weighted by Gasteiger charge is 2.35. The SMILES string of the molecule is CCN(CC)CCS(=O)(=O)C(C(=O)O)C(C)C. The summed E-state index contributed by atoms with van der Waals surface area (Å²) in [7, 11) is -3.58. The van der Waals surface area contributed by atoms with Gasteiger partial charge in [-0.05, 0) is 19.0 Å². The standard InChI is InChI=1S/C11H23NO4S/c1-5-12(6-2)7-8-17(15,16)10(9(3)4)11(13)14/h9-10H,5-8H2,1-4H3,(H,13,14). The first-order valence-corrected chi connectivity index (χ1v) is 7.64. The Morgan fingerprint density at radius 2 is 1.71 bits per heavy atom. The van der Waals surface area contributed by atoms with Gasteiger partial charge in [0.1, 0.15) is 0 Å². The van der Waals surface area contributed by atoms with E-state index in [4.69, 9.17) is 5.11 Å². The van der Waals surface area contributed by atoms with Crippen molar-refractivity contribution < 1.29 is 18.3 Å². The van der Waals surface area contributed by atoms with Crippen LogP contribution < -0.4 is 0 Å². The van der Waals surface area contributed by atoms with Gasteiger partial charge in [-0.3, -0.25) is 4.79 Å². The maximum atomic E-state index is 11.9. The van der Waals surface area contributed by atoms with E-state index in [1.807, 2.05) is 18.7 Å². The van der Waals surface area contributed by atoms with Crippen LogP contribution in [0.25, 0.3) is 0 Å². The van der Waals surface area contributed by atoms with Crippen LogP contribution >= 0.6 is 0 Å². The fourth-order valence-electron chi connectivity index (χ4n) is 1.78. The van der Waals surface area contributed by atoms with Crippen molar-refractivity contribution in [3.05, 3.63) is 0 Å². The fourth-order valence-corrected chi connectivity index (χ4v) is 3.68. The molecule has 0 saturated heterocycles. The van der Waals surface area contributed by atoms with Crippen molar-refractivity contribution in [2.75, 3.05) is 25.4 Å². The van der Waals surface area contributed by atoms with Gasteiger partial charge in [0.2, 0.25) is 0 Å². The van der Waals surface area contributed by atoms with Crippen LogP contribution in [-0.4, -0.2) is 55.0 Å². The van der Waals surface area contributed by atoms with E-state index in [0.29, 0.717) is 6.54 Å². The highest BCUT2D eigenvalue weighted by atomic mass is 32.2. The van der Waals surface area contributed by atoms with E-state index in [-0.39, 0.29) is 5.75 Å². The lowest BCUT2D eigenvalue weighted by Crippen LogP contribution is -2.39. The van der Waals surface area contributed by atoms with Gasteiger partial charge in [-0.2, -0.15) is 0 Å². The maximum absolute atomic E-state index is 11.9. The quantitative estimate of drug-likeness (QED) is 0.704. The smallest absolute Gasteiger partial charge is 0.322 e. The van der Waals surface area contributed by atoms with Crippen molar-refractivity contribution in [1.29, 1.82) is 0 Å². The van der Waals surface area contributed by atoms with E-state index in [1.54, 1.807) is 13.8 Å². The molecule has 0 spiro atoms. The molecular weight excluding hydrogens is 242 g/mol. The molecule has 0 radical (unpaired) electrons. The van der Waals surface area contributed by atoms with Crippen LogP contribution in [0, 0.1) is 5.92 Å². The Balaban J connectivity index is 4.71. The number of hydrogen-bond acceptors (Lipinski definition) is 4. The van der Waals surface area contributed by atoms with Crippen LogP contribution in [-0.2, 0) is 14.6 Å². The minimum atomic E-state index is -3.58. The van der Waals surface area contributed by atoms with E-state index >= 15 is 0 Å². The van der Waals surface area contributed by atoms with E-state index in [0.717, 1.165) is 13.1 Å². The zero-order valence-electron chi connectivity index (χ0n) is 11.0. The summed E-state index contributed by atoms with van der Waals surface area (Å²) in [4.78, 5) is 12.9. The molecule has 0 heterocycles. The lowest BCUT2D eigenvalue weighted by molar-refractivity contribution is -0.137. The first kappa shape index (κ1) is 16.4. The van der Waals surface area contributed by atoms with Gasteiger partial charge < -0.3 is 10.0 Å². The number of sulfone groups is 1. The van der Waals surface area contributed by atoms with Crippen LogP contribution in [0.5, 0.6) is 0 Å². The van der Waals surface area contributed by atoms with Crippen molar-refractivity contribution >= 4 is 15.8 Å². The molecule has 6 heteroatoms. The zero-order valence-corrected chi connectivity index (χ0v) is 11.8. The fraction of sp³-hybridized carbons (Fsp3) is 0.909. The van der Waals surface area contributed by atoms with Gasteiger partial charge in [-0.25, -0.2) is 8.42 Å². The van der Waals surface area contributed by atoms with Gasteiger partial charge in [0, 0.05) is 6.54 Å². The van der Waals surface area contributed by atoms with Crippen molar-refractivity contribution in [3.8, 4) is 0 Å². The predicted molar refractivity (Wildman–Crippen MR) is 67.8 cm³/mol. The molecule has 1 unspecified atom stereocenters. The molecule has 0 bridgehead atoms. The molecule has 0 aliphatic carbocycles. The second kappa shape index (κ2) is 6.96. The summed E-state index contributed by atoms with van der Waals surface area (Å²) < 4.78 is 23.9. The van der Waals surface area contributed by atoms with Crippen molar-refractivity contribution in [1.82, 2.24) is 4.90 Å². The highest BCUT2D eigenvalue weighted by molar-refractivity contribution is 7.92. The van der Waals surface area contributed by atoms with Crippen LogP contribution in [0.3, 0.4) is 0 Å². The number of rotatable bonds is 8. The normalized spacial score (nSPS) is 14.2. The molecule has 0 fully saturated rings. The molecule has 17 heavy (non-hydrogen) atoms. The van der Waals surface area contributed by atoms with Crippen LogP contribution in [0.4, 0.5) is 0 Å². The first-order chi connectivity index (χ1) is 7.76. The number of hydrogen-bond donors (Lipinski definition) is 1. The summed E-state index contributed by atoms with van der Waals surface area (Å²) in [5, 5.41) is 7.67. The zero-order chi connectivity index (χ0) is 13.6. The largest absolute Gasteiger partial charge is 0.480 e. The van der Waals surface area contributed by atoms with Crippen LogP contribution in [0.15, 0.2) is 0 Å². The summed E-state index contributed by atoms with van der Waals surface area (Å²) >= 11 is 0. The Labute approximate surface area is 104 Å². The van der Waals surface area contributed by atoms with Crippen LogP contribution in [0.1, 0.15) is 27.7 Å². The van der Waals surface area contributed by atoms with Crippen molar-refractivity contribution in [3.63, 3.8) is 0 Å². The lowest BCUT2D eigenvalue weighted by atomic mass is 10.1. The molecule has 102 valence electrons. The monoisotopic (exact) mass is 265 g/mol. The average Bonchev–Trinajstić information content (AvgIpc) is 2.16. The first-order valence-electron chi connectivity index (χ1n) is 5.93. The Morgan fingerprint density at radius 3 is 2.00 bits per heavy atom. The molecule has 0 aromatic heterocycles. The molecule has 0 rings (SSSR count). The molecule has 0 aromatic rings. The molecular formula is C11H23NO4S. The van der Waals surface area contributed by atoms with E-state index in [1.165, 1.54) is 0 Å². The summed E-state index contributed by atoms with van der Waals surface area (Å²) in [6, 6.07) is 0. The molecule has 5 nitrogen and oxygen atoms in total. The molecule has 1 N–H and O–H groups in total. The van der Waals surface area contributed by atoms with E-state index in [9.17, 15) is 13.2 Å². The summed E-state index contributed by atoms with van der Waals surface area (Å²) in [6.07, 6.45) is 0. The van der Waals surface area contributed by atoms with Gasteiger partial charge >= 0.3 is 5.97 Å². The summed E-state index contributed by atoms with van der Waals surface area (Å²) in [6.45, 7) is 9.07. The molecule has 0 aromatic carbocycles. The molecule has 1 atom stereocenters. The minimum Gasteiger partial charge on any atom is -0.480 e. The highest BCUT2D eigenvalue weighted by Crippen LogP contribution is 2.14. The Kier molecular flexibility index (Phi) is 6.70. The third-order valence-electron chi connectivity index (χ3n) is 2.82. The van der Waals surface area contributed by atoms with Gasteiger partial charge in [0.15, 0.2) is 15.1 Å². The van der Waals surface area contributed by atoms with Crippen molar-refractivity contribution in [2.45, 2.75) is 32.9 Å². The third-order valence-corrected chi connectivity index (χ3v) is 5.09. The number of carboxylic acid groups (broad SMARTS) is 1. The topological polar surface area (TPSA) is 74.7 Å². The second-order valence-corrected chi connectivity index (χ2v) is 6.64. The summed E-state index contributed by atoms with van der Waals surface area (Å²) in [5.74, 6) is -1.75. The average molecular weight is 265 g/mol. The van der Waals surface area contributed by atoms with Crippen molar-refractivity contribution in [2.24, 2.45) is 5.92 Å². The Bertz CT molecular complexity index is 333. The van der Waals surface area contributed by atoms with Gasteiger partial charge in [-0.15, -0.1) is 0 Å². The third kappa shape index (κ3) is 5.04. The van der Waals surface area contributed by atoms with E-state index in [2.05, 4.69) is 0 Å². The molecule has 0 saturated carbocycles. The van der Waals surface area contributed by atoms with E-state index < -0.39 is 27.0 Å². The van der Waals surface area contributed by atoms with Gasteiger partial charge in [0.25, 0.3) is 0 Å². The van der Waals surface area contributed by atoms with Gasteiger partial charge in [-0.1, -0.05) is 27.7 Å². The minimum absolute atomic E-state index is 0.0934. The molecule has 0 amide bonds. The van der Waals surface area contributed by atoms with Crippen LogP contribution in [0.2, 0.25) is 0 Å². The molecule has 0 aliphatic rings. The number of nitrogens with zero attached hydrogens (tertiary/aromatic N) is 1. The lowest BCUT2D eigenvalue weighted by Gasteiger charge is -2.21. The number of aliphatic carboxylic acids is 1. The Morgan fingerprint density at radius 1 is 1.24 bits per heavy atom. The molecule has 0 aliphatic heterocycles. The number of carbonyl (C=O) groups is 1. The second-order valence-electron chi connectivity index (χ2n) is 4.40. The predicted octanol–water partition coefficient (Wildman–Crippen LogP) is 0.852. The maximum Gasteiger partial charge on any atom is 0.322 e. The Hall–Kier alpha value is -0.620. The number of carboxylic acids is 1.